The van der Waals surface area contributed by atoms with Gasteiger partial charge in [-0.3, -0.25) is 0 Å². The van der Waals surface area contributed by atoms with Gasteiger partial charge in [0, 0.05) is 7.11 Å². The van der Waals surface area contributed by atoms with Crippen LogP contribution in [0.2, 0.25) is 0 Å². The Balaban J connectivity index is 2.70. The molecule has 0 aromatic carbocycles. The predicted molar refractivity (Wildman–Crippen MR) is 51.1 cm³/mol. The van der Waals surface area contributed by atoms with E-state index in [4.69, 9.17) is 4.74 Å². The van der Waals surface area contributed by atoms with E-state index in [9.17, 15) is 4.39 Å². The largest absolute Gasteiger partial charge is 0.377 e. The number of hydrogen-bond acceptors (Lipinski definition) is 1. The van der Waals surface area contributed by atoms with Crippen molar-refractivity contribution in [3.63, 3.8) is 0 Å². The summed E-state index contributed by atoms with van der Waals surface area (Å²) in [7, 11) is 1.66. The van der Waals surface area contributed by atoms with Crippen molar-refractivity contribution in [2.24, 2.45) is 0 Å². The number of halogens is 2. The molecular weight excluding hydrogens is 223 g/mol. The Morgan fingerprint density at radius 2 is 2.33 bits per heavy atom. The maximum absolute atomic E-state index is 12.8. The van der Waals surface area contributed by atoms with Crippen LogP contribution in [0.4, 0.5) is 4.39 Å². The van der Waals surface area contributed by atoms with Gasteiger partial charge in [0.1, 0.15) is 5.83 Å². The van der Waals surface area contributed by atoms with Crippen LogP contribution in [0.1, 0.15) is 13.3 Å². The fourth-order valence-corrected chi connectivity index (χ4v) is 1.64. The van der Waals surface area contributed by atoms with Gasteiger partial charge in [-0.2, -0.15) is 0 Å². The maximum Gasteiger partial charge on any atom is 0.114 e. The Morgan fingerprint density at radius 3 is 2.83 bits per heavy atom. The molecule has 0 aliphatic heterocycles. The summed E-state index contributed by atoms with van der Waals surface area (Å²) in [6, 6.07) is 0. The summed E-state index contributed by atoms with van der Waals surface area (Å²) in [6.07, 6.45) is 4.06. The molecule has 0 amide bonds. The van der Waals surface area contributed by atoms with Gasteiger partial charge >= 0.3 is 0 Å². The molecule has 3 heteroatoms. The quantitative estimate of drug-likeness (QED) is 0.668. The molecule has 0 N–H and O–H groups in total. The van der Waals surface area contributed by atoms with Crippen molar-refractivity contribution in [3.05, 3.63) is 23.6 Å². The highest BCUT2D eigenvalue weighted by atomic mass is 79.9. The fourth-order valence-electron chi connectivity index (χ4n) is 1.12. The highest BCUT2D eigenvalue weighted by Gasteiger charge is 2.19. The first kappa shape index (κ1) is 9.93. The zero-order chi connectivity index (χ0) is 9.14. The van der Waals surface area contributed by atoms with Gasteiger partial charge in [0.2, 0.25) is 0 Å². The third kappa shape index (κ3) is 2.17. The molecule has 0 aromatic heterocycles. The molecular formula is C9H12BrFO. The summed E-state index contributed by atoms with van der Waals surface area (Å²) >= 11 is 3.25. The molecule has 0 aromatic rings. The van der Waals surface area contributed by atoms with Gasteiger partial charge in [0.15, 0.2) is 0 Å². The normalized spacial score (nSPS) is 26.2. The molecule has 0 bridgehead atoms. The second-order valence-electron chi connectivity index (χ2n) is 2.84. The Labute approximate surface area is 80.4 Å². The Kier molecular flexibility index (Phi) is 3.47. The highest BCUT2D eigenvalue weighted by Crippen LogP contribution is 2.28. The number of alkyl halides is 1. The van der Waals surface area contributed by atoms with Crippen molar-refractivity contribution in [3.8, 4) is 0 Å². The van der Waals surface area contributed by atoms with Gasteiger partial charge in [-0.25, -0.2) is 4.39 Å². The van der Waals surface area contributed by atoms with E-state index in [0.29, 0.717) is 6.42 Å². The van der Waals surface area contributed by atoms with Crippen LogP contribution in [0, 0.1) is 0 Å². The molecule has 0 saturated heterocycles. The zero-order valence-corrected chi connectivity index (χ0v) is 8.77. The van der Waals surface area contributed by atoms with E-state index in [1.807, 2.05) is 6.92 Å². The number of rotatable bonds is 2. The van der Waals surface area contributed by atoms with Crippen molar-refractivity contribution in [1.82, 2.24) is 0 Å². The minimum absolute atomic E-state index is 0.0781. The lowest BCUT2D eigenvalue weighted by Gasteiger charge is -2.19. The molecule has 0 radical (unpaired) electrons. The van der Waals surface area contributed by atoms with Crippen molar-refractivity contribution < 1.29 is 9.13 Å². The summed E-state index contributed by atoms with van der Waals surface area (Å²) in [4.78, 5) is -0.171. The standard InChI is InChI=1S/C9H12BrFO/c1-6(12-2)7-3-4-9(11)8(10)5-7/h3-4,6,8H,5H2,1-2H3. The average molecular weight is 235 g/mol. The lowest BCUT2D eigenvalue weighted by molar-refractivity contribution is 0.143. The zero-order valence-electron chi connectivity index (χ0n) is 7.18. The minimum atomic E-state index is -0.171. The van der Waals surface area contributed by atoms with E-state index in [1.54, 1.807) is 13.2 Å². The SMILES string of the molecule is COC(C)C1=CC=C(F)C(Br)C1. The van der Waals surface area contributed by atoms with Crippen LogP contribution in [0.15, 0.2) is 23.6 Å². The van der Waals surface area contributed by atoms with E-state index in [-0.39, 0.29) is 16.8 Å². The molecule has 1 aliphatic rings. The average Bonchev–Trinajstić information content (AvgIpc) is 2.08. The molecule has 68 valence electrons. The lowest BCUT2D eigenvalue weighted by atomic mass is 10.00. The van der Waals surface area contributed by atoms with Gasteiger partial charge in [-0.05, 0) is 25.0 Å². The Bertz CT molecular complexity index is 223. The topological polar surface area (TPSA) is 9.23 Å². The monoisotopic (exact) mass is 234 g/mol. The summed E-state index contributed by atoms with van der Waals surface area (Å²) in [6.45, 7) is 1.96. The van der Waals surface area contributed by atoms with Crippen LogP contribution in [-0.4, -0.2) is 18.0 Å². The smallest absolute Gasteiger partial charge is 0.114 e. The first-order chi connectivity index (χ1) is 5.65. The summed E-state index contributed by atoms with van der Waals surface area (Å²) in [5.41, 5.74) is 1.13. The van der Waals surface area contributed by atoms with E-state index < -0.39 is 0 Å². The van der Waals surface area contributed by atoms with Crippen LogP contribution in [-0.2, 0) is 4.74 Å². The Morgan fingerprint density at radius 1 is 1.67 bits per heavy atom. The number of methoxy groups -OCH3 is 1. The van der Waals surface area contributed by atoms with Crippen LogP contribution < -0.4 is 0 Å². The third-order valence-electron chi connectivity index (χ3n) is 2.05. The molecule has 0 fully saturated rings. The summed E-state index contributed by atoms with van der Waals surface area (Å²) in [5, 5.41) is 0. The van der Waals surface area contributed by atoms with Gasteiger partial charge in [-0.15, -0.1) is 0 Å². The second kappa shape index (κ2) is 4.19. The molecule has 2 atom stereocenters. The van der Waals surface area contributed by atoms with Gasteiger partial charge in [-0.1, -0.05) is 22.0 Å². The van der Waals surface area contributed by atoms with Crippen molar-refractivity contribution >= 4 is 15.9 Å². The van der Waals surface area contributed by atoms with Crippen molar-refractivity contribution in [2.45, 2.75) is 24.3 Å². The minimum Gasteiger partial charge on any atom is -0.377 e. The van der Waals surface area contributed by atoms with E-state index in [0.717, 1.165) is 5.57 Å². The molecule has 1 nitrogen and oxygen atoms in total. The second-order valence-corrected chi connectivity index (χ2v) is 3.95. The first-order valence-electron chi connectivity index (χ1n) is 3.88. The predicted octanol–water partition coefficient (Wildman–Crippen LogP) is 2.97. The summed E-state index contributed by atoms with van der Waals surface area (Å²) in [5.74, 6) is -0.109. The number of allylic oxidation sites excluding steroid dienone is 3. The molecule has 0 saturated carbocycles. The number of ether oxygens (including phenoxy) is 1. The molecule has 0 spiro atoms. The van der Waals surface area contributed by atoms with Gasteiger partial charge in [0.05, 0.1) is 10.9 Å². The van der Waals surface area contributed by atoms with Crippen LogP contribution in [0.25, 0.3) is 0 Å². The Hall–Kier alpha value is -0.150. The molecule has 12 heavy (non-hydrogen) atoms. The van der Waals surface area contributed by atoms with Gasteiger partial charge < -0.3 is 4.74 Å². The first-order valence-corrected chi connectivity index (χ1v) is 4.79. The third-order valence-corrected chi connectivity index (χ3v) is 2.81. The van der Waals surface area contributed by atoms with E-state index in [2.05, 4.69) is 15.9 Å². The van der Waals surface area contributed by atoms with E-state index in [1.165, 1.54) is 6.08 Å². The van der Waals surface area contributed by atoms with Crippen LogP contribution >= 0.6 is 15.9 Å². The molecule has 1 rings (SSSR count). The molecule has 2 unspecified atom stereocenters. The van der Waals surface area contributed by atoms with E-state index >= 15 is 0 Å². The van der Waals surface area contributed by atoms with Crippen molar-refractivity contribution in [1.29, 1.82) is 0 Å². The lowest BCUT2D eigenvalue weighted by Crippen LogP contribution is -2.15. The summed E-state index contributed by atoms with van der Waals surface area (Å²) < 4.78 is 18.0. The molecule has 1 aliphatic carbocycles. The molecule has 0 heterocycles. The van der Waals surface area contributed by atoms with Crippen molar-refractivity contribution in [2.75, 3.05) is 7.11 Å². The van der Waals surface area contributed by atoms with Crippen LogP contribution in [0.5, 0.6) is 0 Å². The maximum atomic E-state index is 12.8. The van der Waals surface area contributed by atoms with Gasteiger partial charge in [0.25, 0.3) is 0 Å². The fraction of sp³-hybridized carbons (Fsp3) is 0.556. The number of hydrogen-bond donors (Lipinski definition) is 0. The van der Waals surface area contributed by atoms with Crippen LogP contribution in [0.3, 0.4) is 0 Å². The highest BCUT2D eigenvalue weighted by molar-refractivity contribution is 9.09.